The minimum absolute atomic E-state index is 1.39. The van der Waals surface area contributed by atoms with E-state index in [0.717, 1.165) is 0 Å². The Bertz CT molecular complexity index is 8.00. The summed E-state index contributed by atoms with van der Waals surface area (Å²) >= 11 is 0. The van der Waals surface area contributed by atoms with Gasteiger partial charge >= 0.3 is 0 Å². The van der Waals surface area contributed by atoms with Crippen LogP contribution in [-0.4, -0.2) is 0 Å². The first kappa shape index (κ1) is 3.89. The van der Waals surface area contributed by atoms with Gasteiger partial charge in [0.05, 0.1) is 0 Å². The van der Waals surface area contributed by atoms with Crippen LogP contribution in [0.2, 0.25) is 0 Å². The zero-order valence-corrected chi connectivity index (χ0v) is 6.00. The highest BCUT2D eigenvalue weighted by atomic mass is 33.0. The fourth-order valence-corrected chi connectivity index (χ4v) is 5.06. The molecular formula is H4P4. The van der Waals surface area contributed by atoms with E-state index >= 15 is 0 Å². The average molecular weight is 128 g/mol. The van der Waals surface area contributed by atoms with Crippen LogP contribution in [-0.2, 0) is 0 Å². The van der Waals surface area contributed by atoms with E-state index in [1.165, 1.54) is 31.8 Å². The van der Waals surface area contributed by atoms with Crippen molar-refractivity contribution in [1.29, 1.82) is 0 Å². The van der Waals surface area contributed by atoms with Gasteiger partial charge in [-0.2, -0.15) is 0 Å². The van der Waals surface area contributed by atoms with Crippen molar-refractivity contribution in [3.05, 3.63) is 0 Å². The Morgan fingerprint density at radius 2 is 0.750 bits per heavy atom. The lowest BCUT2D eigenvalue weighted by molar-refractivity contribution is 4.92. The highest BCUT2D eigenvalue weighted by Gasteiger charge is 1.93. The van der Waals surface area contributed by atoms with Crippen molar-refractivity contribution in [1.82, 2.24) is 0 Å². The molecule has 1 aliphatic heterocycles. The molecule has 1 heterocycles. The zero-order chi connectivity index (χ0) is 2.83. The monoisotopic (exact) mass is 128 g/mol. The van der Waals surface area contributed by atoms with E-state index in [-0.39, 0.29) is 0 Å². The van der Waals surface area contributed by atoms with Gasteiger partial charge in [0, 0.05) is 0 Å². The molecule has 0 nitrogen and oxygen atoms in total. The minimum atomic E-state index is 1.39. The summed E-state index contributed by atoms with van der Waals surface area (Å²) in [6.45, 7) is 0. The second-order valence-electron chi connectivity index (χ2n) is 0.500. The molecule has 0 spiro atoms. The van der Waals surface area contributed by atoms with Crippen molar-refractivity contribution in [3.8, 4) is 0 Å². The van der Waals surface area contributed by atoms with Crippen LogP contribution in [0.3, 0.4) is 0 Å². The molecule has 1 aliphatic rings. The summed E-state index contributed by atoms with van der Waals surface area (Å²) in [4.78, 5) is 0. The first-order chi connectivity index (χ1) is 2.00. The van der Waals surface area contributed by atoms with Crippen LogP contribution in [0.1, 0.15) is 0 Å². The second kappa shape index (κ2) is 2.00. The van der Waals surface area contributed by atoms with Crippen molar-refractivity contribution in [3.63, 3.8) is 0 Å². The standard InChI is InChI=1S/H4P4/c1-2-4-3-1/h1-4H. The quantitative estimate of drug-likeness (QED) is 0.439. The van der Waals surface area contributed by atoms with E-state index in [9.17, 15) is 0 Å². The third-order valence-corrected chi connectivity index (χ3v) is 20.2. The topological polar surface area (TPSA) is 0 Å². The van der Waals surface area contributed by atoms with E-state index in [4.69, 9.17) is 0 Å². The molecule has 0 amide bonds. The van der Waals surface area contributed by atoms with Gasteiger partial charge in [-0.15, -0.1) is 0 Å². The van der Waals surface area contributed by atoms with Crippen LogP contribution in [0.25, 0.3) is 0 Å². The van der Waals surface area contributed by atoms with Gasteiger partial charge in [0.15, 0.2) is 0 Å². The van der Waals surface area contributed by atoms with Crippen LogP contribution in [0.15, 0.2) is 0 Å². The number of rotatable bonds is 0. The summed E-state index contributed by atoms with van der Waals surface area (Å²) in [5.74, 6) is 0. The highest BCUT2D eigenvalue weighted by Crippen LogP contribution is 2.86. The number of hydrogen-bond acceptors (Lipinski definition) is 0. The van der Waals surface area contributed by atoms with E-state index in [2.05, 4.69) is 0 Å². The second-order valence-corrected chi connectivity index (χ2v) is 13.5. The lowest BCUT2D eigenvalue weighted by Crippen LogP contribution is -1.14. The molecule has 0 saturated carbocycles. The van der Waals surface area contributed by atoms with Gasteiger partial charge in [0.2, 0.25) is 0 Å². The predicted octanol–water partition coefficient (Wildman–Crippen LogP) is 2.37. The summed E-state index contributed by atoms with van der Waals surface area (Å²) < 4.78 is 0. The Balaban J connectivity index is 2.00. The molecule has 4 heteroatoms. The van der Waals surface area contributed by atoms with Crippen molar-refractivity contribution >= 4 is 31.8 Å². The fourth-order valence-electron chi connectivity index (χ4n) is 0.0625. The van der Waals surface area contributed by atoms with Crippen LogP contribution >= 0.6 is 31.8 Å². The molecule has 1 rings (SSSR count). The maximum Gasteiger partial charge on any atom is -0.0677 e. The summed E-state index contributed by atoms with van der Waals surface area (Å²) in [7, 11) is 5.56. The third kappa shape index (κ3) is 0.841. The van der Waals surface area contributed by atoms with Gasteiger partial charge in [0.25, 0.3) is 0 Å². The van der Waals surface area contributed by atoms with Crippen molar-refractivity contribution < 1.29 is 0 Å². The lowest BCUT2D eigenvalue weighted by atomic mass is 29.0. The Morgan fingerprint density at radius 1 is 0.500 bits per heavy atom. The molecule has 0 unspecified atom stereocenters. The molecule has 0 N–H and O–H groups in total. The van der Waals surface area contributed by atoms with Gasteiger partial charge in [-0.05, 0) is 0 Å². The highest BCUT2D eigenvalue weighted by molar-refractivity contribution is 8.92. The van der Waals surface area contributed by atoms with Crippen LogP contribution in [0.5, 0.6) is 0 Å². The summed E-state index contributed by atoms with van der Waals surface area (Å²) in [6.07, 6.45) is 0. The third-order valence-electron chi connectivity index (χ3n) is 0.250. The number of hydrogen-bond donors (Lipinski definition) is 0. The molecule has 0 bridgehead atoms. The maximum atomic E-state index is 1.39. The van der Waals surface area contributed by atoms with E-state index in [1.807, 2.05) is 0 Å². The summed E-state index contributed by atoms with van der Waals surface area (Å²) in [6, 6.07) is 0. The smallest absolute Gasteiger partial charge is 0.0677 e. The van der Waals surface area contributed by atoms with Gasteiger partial charge in [-0.3, -0.25) is 0 Å². The first-order valence-electron chi connectivity index (χ1n) is 1.00. The van der Waals surface area contributed by atoms with Crippen LogP contribution < -0.4 is 0 Å². The first-order valence-corrected chi connectivity index (χ1v) is 9.00. The van der Waals surface area contributed by atoms with Crippen molar-refractivity contribution in [2.45, 2.75) is 0 Å². The predicted molar refractivity (Wildman–Crippen MR) is 33.3 cm³/mol. The molecule has 0 radical (unpaired) electrons. The zero-order valence-electron chi connectivity index (χ0n) is 2.00. The normalized spacial score (nSPS) is 48.0. The van der Waals surface area contributed by atoms with E-state index < -0.39 is 0 Å². The largest absolute Gasteiger partial charge is 0.0677 e. The molecule has 0 atom stereocenters. The summed E-state index contributed by atoms with van der Waals surface area (Å²) in [5, 5.41) is 0. The summed E-state index contributed by atoms with van der Waals surface area (Å²) in [5.41, 5.74) is 0. The van der Waals surface area contributed by atoms with Crippen LogP contribution in [0.4, 0.5) is 0 Å². The van der Waals surface area contributed by atoms with E-state index in [0.29, 0.717) is 0 Å². The molecular weight excluding hydrogens is 124 g/mol. The van der Waals surface area contributed by atoms with Crippen LogP contribution in [0, 0.1) is 0 Å². The van der Waals surface area contributed by atoms with Crippen molar-refractivity contribution in [2.24, 2.45) is 0 Å². The van der Waals surface area contributed by atoms with Gasteiger partial charge in [-0.1, -0.05) is 31.8 Å². The maximum absolute atomic E-state index is 1.39. The molecule has 0 aromatic heterocycles. The Labute approximate surface area is 32.6 Å². The minimum Gasteiger partial charge on any atom is -0.0677 e. The molecule has 1 fully saturated rings. The molecule has 0 aromatic rings. The van der Waals surface area contributed by atoms with Gasteiger partial charge in [-0.25, -0.2) is 0 Å². The van der Waals surface area contributed by atoms with Crippen molar-refractivity contribution in [2.75, 3.05) is 0 Å². The Hall–Kier alpha value is 1.72. The molecule has 1 saturated heterocycles. The van der Waals surface area contributed by atoms with Gasteiger partial charge < -0.3 is 0 Å². The Morgan fingerprint density at radius 3 is 0.750 bits per heavy atom. The molecule has 4 heavy (non-hydrogen) atoms. The van der Waals surface area contributed by atoms with E-state index in [1.54, 1.807) is 0 Å². The lowest BCUT2D eigenvalue weighted by Gasteiger charge is -2.07. The average Bonchev–Trinajstić information content (AvgIpc) is 0.722. The SMILES string of the molecule is P1PPP1. The Kier molecular flexibility index (Phi) is 1.94. The molecule has 0 aliphatic carbocycles. The van der Waals surface area contributed by atoms with Gasteiger partial charge in [0.1, 0.15) is 0 Å². The fraction of sp³-hybridized carbons (Fsp3) is 0. The molecule has 0 aromatic carbocycles. The molecule has 24 valence electrons.